The molecule has 0 aromatic heterocycles. The van der Waals surface area contributed by atoms with Gasteiger partial charge >= 0.3 is 6.43 Å². The predicted molar refractivity (Wildman–Crippen MR) is 81.8 cm³/mol. The number of hydrogen-bond donors (Lipinski definition) is 1. The van der Waals surface area contributed by atoms with Crippen LogP contribution in [0.1, 0.15) is 5.56 Å². The van der Waals surface area contributed by atoms with Crippen LogP contribution in [-0.4, -0.2) is 14.8 Å². The van der Waals surface area contributed by atoms with Crippen LogP contribution < -0.4 is 10.2 Å². The van der Waals surface area contributed by atoms with Crippen LogP contribution >= 0.6 is 0 Å². The van der Waals surface area contributed by atoms with Gasteiger partial charge in [0.05, 0.1) is 10.6 Å². The molecule has 6 nitrogen and oxygen atoms in total. The van der Waals surface area contributed by atoms with E-state index in [0.29, 0.717) is 5.69 Å². The summed E-state index contributed by atoms with van der Waals surface area (Å²) in [5, 5.41) is 6.18. The van der Waals surface area contributed by atoms with E-state index in [4.69, 9.17) is 10.1 Å². The topological polar surface area (TPSA) is 81.9 Å². The molecule has 0 fully saturated rings. The summed E-state index contributed by atoms with van der Waals surface area (Å²) in [6.45, 7) is 0. The molecule has 0 radical (unpaired) electrons. The lowest BCUT2D eigenvalue weighted by Crippen LogP contribution is -2.20. The first-order valence-electron chi connectivity index (χ1n) is 6.74. The summed E-state index contributed by atoms with van der Waals surface area (Å²) in [6, 6.07) is 13.8. The van der Waals surface area contributed by atoms with E-state index in [1.165, 1.54) is 24.3 Å². The second-order valence-corrected chi connectivity index (χ2v) is 6.37. The van der Waals surface area contributed by atoms with Gasteiger partial charge in [-0.25, -0.2) is 22.3 Å². The quantitative estimate of drug-likeness (QED) is 0.854. The van der Waals surface area contributed by atoms with Crippen LogP contribution in [0.25, 0.3) is 5.70 Å². The Morgan fingerprint density at radius 2 is 1.62 bits per heavy atom. The number of hydroxylamine groups is 1. The Hall–Kier alpha value is -2.49. The van der Waals surface area contributed by atoms with E-state index < -0.39 is 22.2 Å². The summed E-state index contributed by atoms with van der Waals surface area (Å²) in [5.74, 6) is -0.796. The maximum Gasteiger partial charge on any atom is 0.301 e. The monoisotopic (exact) mass is 354 g/mol. The van der Waals surface area contributed by atoms with Crippen LogP contribution in [0.15, 0.2) is 65.3 Å². The second-order valence-electron chi connectivity index (χ2n) is 4.84. The average Bonchev–Trinajstić information content (AvgIpc) is 3.00. The third-order valence-corrected chi connectivity index (χ3v) is 4.24. The Kier molecular flexibility index (Phi) is 4.22. The van der Waals surface area contributed by atoms with Gasteiger partial charge in [0.2, 0.25) is 15.8 Å². The first kappa shape index (κ1) is 16.4. The van der Waals surface area contributed by atoms with Crippen molar-refractivity contribution in [2.24, 2.45) is 5.14 Å². The summed E-state index contributed by atoms with van der Waals surface area (Å²) in [5.41, 5.74) is 0.116. The number of nitrogens with two attached hydrogens (primary N) is 1. The van der Waals surface area contributed by atoms with E-state index >= 15 is 0 Å². The minimum atomic E-state index is -4.14. The van der Waals surface area contributed by atoms with Crippen LogP contribution in [0.3, 0.4) is 0 Å². The van der Waals surface area contributed by atoms with Gasteiger partial charge in [-0.2, -0.15) is 5.06 Å². The predicted octanol–water partition coefficient (Wildman–Crippen LogP) is 2.65. The minimum absolute atomic E-state index is 0.0448. The average molecular weight is 354 g/mol. The van der Waals surface area contributed by atoms with Gasteiger partial charge in [0, 0.05) is 5.56 Å². The summed E-state index contributed by atoms with van der Waals surface area (Å²) in [7, 11) is -4.14. The van der Waals surface area contributed by atoms with E-state index in [0.717, 1.165) is 5.06 Å². The summed E-state index contributed by atoms with van der Waals surface area (Å²) < 4.78 is 50.2. The fraction of sp³-hybridized carbons (Fsp3) is 0.0667. The Bertz CT molecular complexity index is 885. The molecule has 2 aromatic carbocycles. The molecule has 0 unspecified atom stereocenters. The number of allylic oxidation sites excluding steroid dienone is 1. The molecular weight excluding hydrogens is 342 g/mol. The molecule has 24 heavy (non-hydrogen) atoms. The van der Waals surface area contributed by atoms with Crippen LogP contribution in [-0.2, 0) is 19.9 Å². The van der Waals surface area contributed by atoms with E-state index in [1.54, 1.807) is 30.3 Å². The largest absolute Gasteiger partial charge is 0.310 e. The van der Waals surface area contributed by atoms with Crippen molar-refractivity contribution in [3.05, 3.63) is 65.9 Å². The van der Waals surface area contributed by atoms with Gasteiger partial charge < -0.3 is 4.89 Å². The first-order chi connectivity index (χ1) is 11.4. The molecule has 0 saturated carbocycles. The number of halogens is 2. The van der Waals surface area contributed by atoms with E-state index in [1.807, 2.05) is 0 Å². The number of benzene rings is 2. The van der Waals surface area contributed by atoms with E-state index in [9.17, 15) is 17.2 Å². The van der Waals surface area contributed by atoms with Crippen molar-refractivity contribution in [2.75, 3.05) is 5.06 Å². The van der Waals surface area contributed by atoms with Crippen LogP contribution in [0, 0.1) is 0 Å². The first-order valence-corrected chi connectivity index (χ1v) is 8.28. The van der Waals surface area contributed by atoms with Gasteiger partial charge in [0.15, 0.2) is 0 Å². The smallest absolute Gasteiger partial charge is 0.301 e. The number of hydrogen-bond acceptors (Lipinski definition) is 5. The molecule has 3 rings (SSSR count). The lowest BCUT2D eigenvalue weighted by molar-refractivity contribution is -0.255. The number of nitrogens with zero attached hydrogens (tertiary/aromatic N) is 1. The molecular formula is C15H12F2N2O4S. The third kappa shape index (κ3) is 2.96. The maximum absolute atomic E-state index is 13.3. The van der Waals surface area contributed by atoms with Crippen molar-refractivity contribution in [1.29, 1.82) is 0 Å². The molecule has 2 aromatic rings. The molecule has 0 amide bonds. The number of alkyl halides is 2. The molecule has 1 aliphatic heterocycles. The fourth-order valence-electron chi connectivity index (χ4n) is 2.28. The number of primary sulfonamides is 1. The fourth-order valence-corrected chi connectivity index (χ4v) is 3.02. The molecule has 0 spiro atoms. The van der Waals surface area contributed by atoms with E-state index in [2.05, 4.69) is 4.89 Å². The lowest BCUT2D eigenvalue weighted by atomic mass is 10.1. The lowest BCUT2D eigenvalue weighted by Gasteiger charge is -2.18. The van der Waals surface area contributed by atoms with E-state index in [-0.39, 0.29) is 16.2 Å². The molecule has 0 aliphatic carbocycles. The zero-order chi connectivity index (χ0) is 17.3. The molecule has 0 atom stereocenters. The highest BCUT2D eigenvalue weighted by atomic mass is 32.2. The van der Waals surface area contributed by atoms with Gasteiger partial charge in [-0.3, -0.25) is 0 Å². The molecule has 9 heteroatoms. The van der Waals surface area contributed by atoms with Crippen LogP contribution in [0.4, 0.5) is 14.5 Å². The van der Waals surface area contributed by atoms with Gasteiger partial charge in [0.1, 0.15) is 5.70 Å². The van der Waals surface area contributed by atoms with Gasteiger partial charge in [-0.05, 0) is 18.2 Å². The summed E-state index contributed by atoms with van der Waals surface area (Å²) in [4.78, 5) is 9.22. The Morgan fingerprint density at radius 3 is 2.25 bits per heavy atom. The number of anilines is 1. The molecule has 126 valence electrons. The zero-order valence-electron chi connectivity index (χ0n) is 12.1. The summed E-state index contributed by atoms with van der Waals surface area (Å²) >= 11 is 0. The minimum Gasteiger partial charge on any atom is -0.310 e. The highest BCUT2D eigenvalue weighted by Crippen LogP contribution is 2.39. The van der Waals surface area contributed by atoms with Crippen molar-refractivity contribution in [3.8, 4) is 0 Å². The highest BCUT2D eigenvalue weighted by molar-refractivity contribution is 7.89. The molecule has 2 N–H and O–H groups in total. The van der Waals surface area contributed by atoms with Crippen molar-refractivity contribution in [3.63, 3.8) is 0 Å². The van der Waals surface area contributed by atoms with Crippen LogP contribution in [0.2, 0.25) is 0 Å². The molecule has 0 saturated heterocycles. The standard InChI is InChI=1S/C15H12F2N2O4S/c16-15(17)14-13(11-8-4-5-9-12(11)24(18,20)21)19(23-22-14)10-6-2-1-3-7-10/h1-9,15H,(H2,18,20,21). The van der Waals surface area contributed by atoms with Crippen molar-refractivity contribution < 1.29 is 27.1 Å². The maximum atomic E-state index is 13.3. The Morgan fingerprint density at radius 1 is 1.00 bits per heavy atom. The SMILES string of the molecule is NS(=O)(=O)c1ccccc1C1=C(C(F)F)OON1c1ccccc1. The second kappa shape index (κ2) is 6.19. The molecule has 0 bridgehead atoms. The Labute approximate surface area is 136 Å². The Balaban J connectivity index is 2.23. The van der Waals surface area contributed by atoms with Crippen molar-refractivity contribution in [1.82, 2.24) is 0 Å². The third-order valence-electron chi connectivity index (χ3n) is 3.28. The van der Waals surface area contributed by atoms with Crippen LogP contribution in [0.5, 0.6) is 0 Å². The van der Waals surface area contributed by atoms with Gasteiger partial charge in [-0.15, -0.1) is 0 Å². The normalized spacial score (nSPS) is 15.1. The van der Waals surface area contributed by atoms with Gasteiger partial charge in [0.25, 0.3) is 0 Å². The highest BCUT2D eigenvalue weighted by Gasteiger charge is 2.36. The number of para-hydroxylation sites is 1. The summed E-state index contributed by atoms with van der Waals surface area (Å²) in [6.07, 6.45) is -3.01. The number of sulfonamides is 1. The molecule has 1 heterocycles. The number of rotatable bonds is 4. The van der Waals surface area contributed by atoms with Gasteiger partial charge in [-0.1, -0.05) is 41.4 Å². The zero-order valence-corrected chi connectivity index (χ0v) is 12.9. The van der Waals surface area contributed by atoms with Crippen molar-refractivity contribution in [2.45, 2.75) is 11.3 Å². The molecule has 1 aliphatic rings. The van der Waals surface area contributed by atoms with Crippen molar-refractivity contribution >= 4 is 21.4 Å².